The molecule has 1 saturated heterocycles. The van der Waals surface area contributed by atoms with Crippen LogP contribution in [-0.2, 0) is 15.6 Å². The number of benzene rings is 1. The third-order valence-corrected chi connectivity index (χ3v) is 4.70. The minimum atomic E-state index is -1.04. The molecule has 21 heavy (non-hydrogen) atoms. The Kier molecular flexibility index (Phi) is 5.47. The summed E-state index contributed by atoms with van der Waals surface area (Å²) in [5, 5.41) is 0. The lowest BCUT2D eigenvalue weighted by Gasteiger charge is -2.27. The summed E-state index contributed by atoms with van der Waals surface area (Å²) in [6.07, 6.45) is 6.19. The maximum atomic E-state index is 11.9. The summed E-state index contributed by atoms with van der Waals surface area (Å²) in [6, 6.07) is 7.75. The van der Waals surface area contributed by atoms with Crippen LogP contribution in [-0.4, -0.2) is 21.9 Å². The van der Waals surface area contributed by atoms with Gasteiger partial charge in [0, 0.05) is 23.1 Å². The van der Waals surface area contributed by atoms with Crippen LogP contribution in [0.4, 0.5) is 0 Å². The molecule has 2 rings (SSSR count). The molecule has 5 heteroatoms. The van der Waals surface area contributed by atoms with Crippen LogP contribution in [0.3, 0.4) is 0 Å². The number of carbonyl (C=O) groups excluding carboxylic acids is 1. The SMILES string of the molecule is C=CCS(=O)c1cccc(/C=C/C2NNC(=O)CC2C)c1. The van der Waals surface area contributed by atoms with Gasteiger partial charge in [0.25, 0.3) is 0 Å². The summed E-state index contributed by atoms with van der Waals surface area (Å²) in [6.45, 7) is 5.65. The lowest BCUT2D eigenvalue weighted by Crippen LogP contribution is -2.52. The molecule has 1 amide bonds. The minimum Gasteiger partial charge on any atom is -0.291 e. The number of amides is 1. The third kappa shape index (κ3) is 4.37. The van der Waals surface area contributed by atoms with Crippen molar-refractivity contribution < 1.29 is 9.00 Å². The van der Waals surface area contributed by atoms with Crippen molar-refractivity contribution in [2.45, 2.75) is 24.3 Å². The fourth-order valence-corrected chi connectivity index (χ4v) is 3.10. The topological polar surface area (TPSA) is 58.2 Å². The number of hydrogen-bond acceptors (Lipinski definition) is 3. The molecule has 1 aromatic rings. The molecular weight excluding hydrogens is 284 g/mol. The maximum Gasteiger partial charge on any atom is 0.234 e. The molecule has 3 unspecified atom stereocenters. The summed E-state index contributed by atoms with van der Waals surface area (Å²) < 4.78 is 11.9. The molecule has 0 saturated carbocycles. The molecule has 1 aliphatic heterocycles. The molecule has 3 atom stereocenters. The van der Waals surface area contributed by atoms with Crippen molar-refractivity contribution in [3.8, 4) is 0 Å². The van der Waals surface area contributed by atoms with E-state index < -0.39 is 10.8 Å². The van der Waals surface area contributed by atoms with Gasteiger partial charge in [-0.2, -0.15) is 0 Å². The van der Waals surface area contributed by atoms with Crippen molar-refractivity contribution in [3.05, 3.63) is 48.6 Å². The highest BCUT2D eigenvalue weighted by Gasteiger charge is 2.22. The molecule has 0 radical (unpaired) electrons. The molecule has 1 heterocycles. The van der Waals surface area contributed by atoms with Crippen molar-refractivity contribution in [2.24, 2.45) is 5.92 Å². The molecular formula is C16H20N2O2S. The zero-order chi connectivity index (χ0) is 15.2. The lowest BCUT2D eigenvalue weighted by atomic mass is 9.96. The van der Waals surface area contributed by atoms with Gasteiger partial charge < -0.3 is 0 Å². The van der Waals surface area contributed by atoms with Gasteiger partial charge in [-0.05, 0) is 23.6 Å². The highest BCUT2D eigenvalue weighted by molar-refractivity contribution is 7.85. The monoisotopic (exact) mass is 304 g/mol. The number of carbonyl (C=O) groups is 1. The van der Waals surface area contributed by atoms with Crippen LogP contribution < -0.4 is 10.9 Å². The fraction of sp³-hybridized carbons (Fsp3) is 0.312. The van der Waals surface area contributed by atoms with Crippen LogP contribution in [0, 0.1) is 5.92 Å². The molecule has 0 bridgehead atoms. The van der Waals surface area contributed by atoms with Gasteiger partial charge in [-0.1, -0.05) is 37.3 Å². The van der Waals surface area contributed by atoms with Gasteiger partial charge in [0.05, 0.1) is 10.8 Å². The van der Waals surface area contributed by atoms with E-state index in [1.54, 1.807) is 6.08 Å². The van der Waals surface area contributed by atoms with Crippen LogP contribution in [0.25, 0.3) is 6.08 Å². The average Bonchev–Trinajstić information content (AvgIpc) is 2.47. The standard InChI is InChI=1S/C16H20N2O2S/c1-3-9-21(20)14-6-4-5-13(11-14)7-8-15-12(2)10-16(19)18-17-15/h3-8,11-12,15,17H,1,9-10H2,2H3,(H,18,19)/b8-7+. The number of rotatable bonds is 5. The van der Waals surface area contributed by atoms with Gasteiger partial charge in [0.15, 0.2) is 0 Å². The Labute approximate surface area is 127 Å². The van der Waals surface area contributed by atoms with Crippen molar-refractivity contribution in [1.82, 2.24) is 10.9 Å². The van der Waals surface area contributed by atoms with Crippen molar-refractivity contribution in [1.29, 1.82) is 0 Å². The largest absolute Gasteiger partial charge is 0.291 e. The molecule has 0 aromatic heterocycles. The third-order valence-electron chi connectivity index (χ3n) is 3.38. The maximum absolute atomic E-state index is 11.9. The van der Waals surface area contributed by atoms with Crippen LogP contribution in [0.1, 0.15) is 18.9 Å². The van der Waals surface area contributed by atoms with Crippen LogP contribution >= 0.6 is 0 Å². The van der Waals surface area contributed by atoms with E-state index in [-0.39, 0.29) is 17.9 Å². The fourth-order valence-electron chi connectivity index (χ4n) is 2.19. The summed E-state index contributed by atoms with van der Waals surface area (Å²) >= 11 is 0. The first-order valence-corrected chi connectivity index (χ1v) is 8.24. The summed E-state index contributed by atoms with van der Waals surface area (Å²) in [5.74, 6) is 0.725. The average molecular weight is 304 g/mol. The Hall–Kier alpha value is -1.72. The van der Waals surface area contributed by atoms with Crippen LogP contribution in [0.2, 0.25) is 0 Å². The Balaban J connectivity index is 2.07. The highest BCUT2D eigenvalue weighted by atomic mass is 32.2. The van der Waals surface area contributed by atoms with Gasteiger partial charge in [-0.15, -0.1) is 6.58 Å². The number of hydrogen-bond donors (Lipinski definition) is 2. The molecule has 1 aliphatic rings. The van der Waals surface area contributed by atoms with Crippen molar-refractivity contribution in [2.75, 3.05) is 5.75 Å². The first-order valence-electron chi connectivity index (χ1n) is 6.92. The van der Waals surface area contributed by atoms with Crippen molar-refractivity contribution >= 4 is 22.8 Å². The Morgan fingerprint density at radius 3 is 3.00 bits per heavy atom. The van der Waals surface area contributed by atoms with Gasteiger partial charge in [-0.25, -0.2) is 5.43 Å². The molecule has 1 fully saturated rings. The quantitative estimate of drug-likeness (QED) is 0.818. The van der Waals surface area contributed by atoms with Gasteiger partial charge in [0.1, 0.15) is 0 Å². The van der Waals surface area contributed by atoms with E-state index in [0.29, 0.717) is 12.2 Å². The van der Waals surface area contributed by atoms with E-state index in [0.717, 1.165) is 10.5 Å². The van der Waals surface area contributed by atoms with E-state index in [2.05, 4.69) is 17.4 Å². The van der Waals surface area contributed by atoms with E-state index in [4.69, 9.17) is 0 Å². The second-order valence-corrected chi connectivity index (χ2v) is 6.63. The van der Waals surface area contributed by atoms with E-state index in [9.17, 15) is 9.00 Å². The first-order chi connectivity index (χ1) is 10.1. The Morgan fingerprint density at radius 2 is 2.29 bits per heavy atom. The van der Waals surface area contributed by atoms with Gasteiger partial charge in [-0.3, -0.25) is 14.4 Å². The molecule has 0 spiro atoms. The number of nitrogens with one attached hydrogen (secondary N) is 2. The van der Waals surface area contributed by atoms with Crippen molar-refractivity contribution in [3.63, 3.8) is 0 Å². The second kappa shape index (κ2) is 7.33. The first kappa shape index (κ1) is 15.7. The molecule has 4 nitrogen and oxygen atoms in total. The Morgan fingerprint density at radius 1 is 1.48 bits per heavy atom. The lowest BCUT2D eigenvalue weighted by molar-refractivity contribution is -0.125. The van der Waals surface area contributed by atoms with Crippen LogP contribution in [0.5, 0.6) is 0 Å². The zero-order valence-corrected chi connectivity index (χ0v) is 12.9. The van der Waals surface area contributed by atoms with Gasteiger partial charge >= 0.3 is 0 Å². The Bertz CT molecular complexity index is 583. The molecule has 0 aliphatic carbocycles. The zero-order valence-electron chi connectivity index (χ0n) is 12.0. The predicted molar refractivity (Wildman–Crippen MR) is 85.8 cm³/mol. The van der Waals surface area contributed by atoms with Crippen LogP contribution in [0.15, 0.2) is 47.9 Å². The summed E-state index contributed by atoms with van der Waals surface area (Å²) in [5.41, 5.74) is 6.63. The molecule has 112 valence electrons. The van der Waals surface area contributed by atoms with Gasteiger partial charge in [0.2, 0.25) is 5.91 Å². The van der Waals surface area contributed by atoms with E-state index >= 15 is 0 Å². The summed E-state index contributed by atoms with van der Waals surface area (Å²) in [4.78, 5) is 12.0. The summed E-state index contributed by atoms with van der Waals surface area (Å²) in [7, 11) is -1.04. The minimum absolute atomic E-state index is 0.0222. The number of hydrazine groups is 1. The highest BCUT2D eigenvalue weighted by Crippen LogP contribution is 2.16. The normalized spacial score (nSPS) is 23.8. The van der Waals surface area contributed by atoms with E-state index in [1.807, 2.05) is 43.3 Å². The second-order valence-electron chi connectivity index (χ2n) is 5.13. The molecule has 1 aromatic carbocycles. The smallest absolute Gasteiger partial charge is 0.234 e. The molecule has 2 N–H and O–H groups in total. The van der Waals surface area contributed by atoms with E-state index in [1.165, 1.54) is 0 Å². The predicted octanol–water partition coefficient (Wildman–Crippen LogP) is 2.02.